The first-order valence-corrected chi connectivity index (χ1v) is 14.9. The highest BCUT2D eigenvalue weighted by Gasteiger charge is 2.45. The largest absolute Gasteiger partial charge is 0.461 e. The number of piperazine rings is 1. The van der Waals surface area contributed by atoms with Gasteiger partial charge >= 0.3 is 6.01 Å². The lowest BCUT2D eigenvalue weighted by Crippen LogP contribution is -2.53. The number of amides is 1. The fraction of sp³-hybridized carbons (Fsp3) is 0.394. The molecule has 4 aromatic rings. The van der Waals surface area contributed by atoms with Gasteiger partial charge in [0, 0.05) is 36.6 Å². The molecule has 2 aromatic carbocycles. The zero-order valence-electron chi connectivity index (χ0n) is 23.9. The van der Waals surface area contributed by atoms with Crippen molar-refractivity contribution in [1.82, 2.24) is 24.8 Å². The van der Waals surface area contributed by atoms with Gasteiger partial charge in [-0.25, -0.2) is 9.37 Å². The number of benzene rings is 2. The second-order valence-corrected chi connectivity index (χ2v) is 11.8. The van der Waals surface area contributed by atoms with Crippen molar-refractivity contribution < 1.29 is 13.9 Å². The summed E-state index contributed by atoms with van der Waals surface area (Å²) >= 11 is 0. The Bertz CT molecular complexity index is 1680. The summed E-state index contributed by atoms with van der Waals surface area (Å²) < 4.78 is 21.4. The molecule has 9 heteroatoms. The number of halogens is 1. The van der Waals surface area contributed by atoms with Crippen LogP contribution in [0.1, 0.15) is 32.6 Å². The molecule has 0 bridgehead atoms. The van der Waals surface area contributed by atoms with Crippen LogP contribution < -0.4 is 9.64 Å². The summed E-state index contributed by atoms with van der Waals surface area (Å²) in [6.45, 7) is 10.2. The molecule has 1 atom stereocenters. The van der Waals surface area contributed by atoms with Gasteiger partial charge in [-0.05, 0) is 75.4 Å². The van der Waals surface area contributed by atoms with Gasteiger partial charge < -0.3 is 14.5 Å². The molecule has 8 nitrogen and oxygen atoms in total. The van der Waals surface area contributed by atoms with E-state index in [1.807, 2.05) is 41.3 Å². The summed E-state index contributed by atoms with van der Waals surface area (Å²) in [5.41, 5.74) is 1.91. The Morgan fingerprint density at radius 3 is 2.60 bits per heavy atom. The quantitative estimate of drug-likeness (QED) is 0.297. The van der Waals surface area contributed by atoms with E-state index >= 15 is 4.39 Å². The van der Waals surface area contributed by atoms with Crippen molar-refractivity contribution in [3.05, 3.63) is 67.0 Å². The van der Waals surface area contributed by atoms with Gasteiger partial charge in [-0.1, -0.05) is 36.9 Å². The molecule has 0 aliphatic carbocycles. The highest BCUT2D eigenvalue weighted by molar-refractivity contribution is 5.98. The third kappa shape index (κ3) is 4.56. The molecule has 3 fully saturated rings. The molecule has 2 aromatic heterocycles. The van der Waals surface area contributed by atoms with Crippen LogP contribution in [0, 0.1) is 5.82 Å². The zero-order chi connectivity index (χ0) is 28.8. The summed E-state index contributed by atoms with van der Waals surface area (Å²) in [7, 11) is 0. The lowest BCUT2D eigenvalue weighted by atomic mass is 9.95. The molecular weight excluding hydrogens is 531 g/mol. The number of carbonyl (C=O) groups excluding carboxylic acids is 1. The van der Waals surface area contributed by atoms with E-state index in [0.29, 0.717) is 54.5 Å². The number of carbonyl (C=O) groups is 1. The van der Waals surface area contributed by atoms with Gasteiger partial charge in [0.05, 0.1) is 16.6 Å². The first-order chi connectivity index (χ1) is 20.5. The van der Waals surface area contributed by atoms with E-state index in [9.17, 15) is 4.79 Å². The van der Waals surface area contributed by atoms with Crippen molar-refractivity contribution in [2.45, 2.75) is 44.2 Å². The van der Waals surface area contributed by atoms with E-state index in [1.54, 1.807) is 6.07 Å². The van der Waals surface area contributed by atoms with Crippen LogP contribution in [0.15, 0.2) is 61.2 Å². The molecule has 42 heavy (non-hydrogen) atoms. The summed E-state index contributed by atoms with van der Waals surface area (Å²) in [5, 5.41) is 2.15. The number of fused-ring (bicyclic) bond motifs is 3. The predicted molar refractivity (Wildman–Crippen MR) is 162 cm³/mol. The molecule has 5 heterocycles. The van der Waals surface area contributed by atoms with Crippen LogP contribution >= 0.6 is 0 Å². The molecule has 3 aliphatic rings. The van der Waals surface area contributed by atoms with E-state index in [2.05, 4.69) is 23.3 Å². The fourth-order valence-corrected chi connectivity index (χ4v) is 7.18. The molecule has 0 N–H and O–H groups in total. The number of hydrogen-bond donors (Lipinski definition) is 0. The van der Waals surface area contributed by atoms with E-state index in [0.717, 1.165) is 42.5 Å². The van der Waals surface area contributed by atoms with E-state index in [-0.39, 0.29) is 23.3 Å². The number of ether oxygens (including phenoxy) is 1. The lowest BCUT2D eigenvalue weighted by molar-refractivity contribution is -0.126. The van der Waals surface area contributed by atoms with Crippen LogP contribution in [0.3, 0.4) is 0 Å². The second kappa shape index (κ2) is 10.6. The first kappa shape index (κ1) is 26.8. The Balaban J connectivity index is 1.30. The third-order valence-electron chi connectivity index (χ3n) is 9.32. The van der Waals surface area contributed by atoms with Crippen molar-refractivity contribution in [3.63, 3.8) is 0 Å². The SMILES string of the molecule is C=CC(=O)N1CCN(c2nc(OCC34CCCN3CCC4)nc3nc(-c4cccc5cccc(F)c45)ccc23)[C@H](C)C1. The van der Waals surface area contributed by atoms with Crippen LogP contribution in [0.25, 0.3) is 33.1 Å². The Kier molecular flexibility index (Phi) is 6.77. The van der Waals surface area contributed by atoms with E-state index in [4.69, 9.17) is 19.7 Å². The molecule has 0 unspecified atom stereocenters. The van der Waals surface area contributed by atoms with Crippen LogP contribution in [0.4, 0.5) is 10.2 Å². The van der Waals surface area contributed by atoms with Crippen LogP contribution in [-0.4, -0.2) is 81.6 Å². The maximum Gasteiger partial charge on any atom is 0.320 e. The van der Waals surface area contributed by atoms with Gasteiger partial charge in [0.1, 0.15) is 18.2 Å². The Hall–Kier alpha value is -4.11. The first-order valence-electron chi connectivity index (χ1n) is 14.9. The van der Waals surface area contributed by atoms with Crippen LogP contribution in [0.2, 0.25) is 0 Å². The maximum absolute atomic E-state index is 15.0. The van der Waals surface area contributed by atoms with Gasteiger partial charge in [0.2, 0.25) is 5.91 Å². The summed E-state index contributed by atoms with van der Waals surface area (Å²) in [6, 6.07) is 15.0. The van der Waals surface area contributed by atoms with E-state index in [1.165, 1.54) is 25.0 Å². The van der Waals surface area contributed by atoms with Gasteiger partial charge in [-0.15, -0.1) is 0 Å². The number of hydrogen-bond acceptors (Lipinski definition) is 7. The monoisotopic (exact) mass is 566 g/mol. The highest BCUT2D eigenvalue weighted by Crippen LogP contribution is 2.39. The smallest absolute Gasteiger partial charge is 0.320 e. The van der Waals surface area contributed by atoms with Crippen molar-refractivity contribution >= 4 is 33.5 Å². The molecule has 0 spiro atoms. The minimum atomic E-state index is -0.282. The standard InChI is InChI=1S/C33H35FN6O2/c1-3-28(41)38-18-19-40(22(2)20-38)31-25-12-13-27(24-10-4-8-23-9-5-11-26(34)29(23)24)35-30(25)36-32(37-31)42-21-33-14-6-16-39(33)17-7-15-33/h3-5,8-13,22H,1,6-7,14-21H2,2H3/t22-/m1/s1. The Labute approximate surface area is 244 Å². The average molecular weight is 567 g/mol. The highest BCUT2D eigenvalue weighted by atomic mass is 19.1. The predicted octanol–water partition coefficient (Wildman–Crippen LogP) is 5.21. The molecule has 216 valence electrons. The summed E-state index contributed by atoms with van der Waals surface area (Å²) in [4.78, 5) is 33.6. The average Bonchev–Trinajstić information content (AvgIpc) is 3.59. The number of nitrogens with zero attached hydrogens (tertiary/aromatic N) is 6. The van der Waals surface area contributed by atoms with Gasteiger partial charge in [0.15, 0.2) is 5.65 Å². The lowest BCUT2D eigenvalue weighted by Gasteiger charge is -2.40. The Morgan fingerprint density at radius 1 is 1.05 bits per heavy atom. The topological polar surface area (TPSA) is 74.7 Å². The third-order valence-corrected chi connectivity index (χ3v) is 9.32. The maximum atomic E-state index is 15.0. The summed E-state index contributed by atoms with van der Waals surface area (Å²) in [5.74, 6) is 0.391. The Morgan fingerprint density at radius 2 is 1.83 bits per heavy atom. The number of rotatable bonds is 6. The second-order valence-electron chi connectivity index (χ2n) is 11.8. The van der Waals surface area contributed by atoms with Crippen molar-refractivity contribution in [2.75, 3.05) is 44.2 Å². The van der Waals surface area contributed by atoms with Crippen LogP contribution in [-0.2, 0) is 4.79 Å². The minimum absolute atomic E-state index is 0.0131. The normalized spacial score (nSPS) is 20.3. The van der Waals surface area contributed by atoms with Gasteiger partial charge in [-0.3, -0.25) is 9.69 Å². The van der Waals surface area contributed by atoms with E-state index < -0.39 is 0 Å². The van der Waals surface area contributed by atoms with Crippen molar-refractivity contribution in [3.8, 4) is 17.3 Å². The summed E-state index contributed by atoms with van der Waals surface area (Å²) in [6.07, 6.45) is 5.98. The van der Waals surface area contributed by atoms with Gasteiger partial charge in [-0.2, -0.15) is 9.97 Å². The molecule has 3 saturated heterocycles. The molecule has 3 aliphatic heterocycles. The number of aromatic nitrogens is 3. The number of pyridine rings is 1. The fourth-order valence-electron chi connectivity index (χ4n) is 7.18. The molecule has 1 amide bonds. The van der Waals surface area contributed by atoms with Gasteiger partial charge in [0.25, 0.3) is 0 Å². The molecule has 0 radical (unpaired) electrons. The van der Waals surface area contributed by atoms with Crippen molar-refractivity contribution in [1.29, 1.82) is 0 Å². The number of anilines is 1. The minimum Gasteiger partial charge on any atom is -0.461 e. The molecule has 7 rings (SSSR count). The van der Waals surface area contributed by atoms with Crippen molar-refractivity contribution in [2.24, 2.45) is 0 Å². The zero-order valence-corrected chi connectivity index (χ0v) is 23.9. The van der Waals surface area contributed by atoms with Crippen LogP contribution in [0.5, 0.6) is 6.01 Å². The molecule has 0 saturated carbocycles. The molecular formula is C33H35FN6O2.